The molecule has 32 heavy (non-hydrogen) atoms. The van der Waals surface area contributed by atoms with Gasteiger partial charge in [0.05, 0.1) is 9.50 Å². The van der Waals surface area contributed by atoms with Gasteiger partial charge in [-0.05, 0) is 60.5 Å². The molecule has 0 radical (unpaired) electrons. The average Bonchev–Trinajstić information content (AvgIpc) is 2.70. The van der Waals surface area contributed by atoms with Crippen LogP contribution in [0.25, 0.3) is 11.0 Å². The predicted octanol–water partition coefficient (Wildman–Crippen LogP) is 4.74. The van der Waals surface area contributed by atoms with E-state index in [-0.39, 0.29) is 22.8 Å². The molecular weight excluding hydrogens is 521 g/mol. The molecule has 1 aromatic carbocycles. The highest BCUT2D eigenvalue weighted by atomic mass is 79.9. The summed E-state index contributed by atoms with van der Waals surface area (Å²) in [4.78, 5) is 42.7. The second-order valence-electron chi connectivity index (χ2n) is 8.00. The molecule has 3 rings (SSSR count). The first-order valence-electron chi connectivity index (χ1n) is 9.58. The molecule has 0 aliphatic rings. The van der Waals surface area contributed by atoms with Crippen molar-refractivity contribution in [3.63, 3.8) is 0 Å². The summed E-state index contributed by atoms with van der Waals surface area (Å²) in [6.07, 6.45) is 1.43. The molecule has 0 spiro atoms. The summed E-state index contributed by atoms with van der Waals surface area (Å²) in [7, 11) is 0. The first kappa shape index (κ1) is 24.2. The second kappa shape index (κ2) is 9.60. The lowest BCUT2D eigenvalue weighted by Crippen LogP contribution is -2.36. The van der Waals surface area contributed by atoms with E-state index in [4.69, 9.17) is 27.9 Å². The van der Waals surface area contributed by atoms with Crippen molar-refractivity contribution in [1.29, 1.82) is 0 Å². The van der Waals surface area contributed by atoms with Gasteiger partial charge < -0.3 is 10.1 Å². The van der Waals surface area contributed by atoms with Crippen molar-refractivity contribution >= 4 is 62.0 Å². The SMILES string of the molecule is CC(C)(C)OC(=O)Cn1c(=O)c(C(=O)NCc2ccc(Cl)cc2)cc2c(Cl)c(Br)cnc21. The summed E-state index contributed by atoms with van der Waals surface area (Å²) in [5.41, 5.74) is -0.610. The quantitative estimate of drug-likeness (QED) is 0.472. The minimum Gasteiger partial charge on any atom is -0.459 e. The van der Waals surface area contributed by atoms with Gasteiger partial charge in [-0.1, -0.05) is 35.3 Å². The number of esters is 1. The van der Waals surface area contributed by atoms with Gasteiger partial charge in [-0.3, -0.25) is 19.0 Å². The van der Waals surface area contributed by atoms with Gasteiger partial charge in [0, 0.05) is 23.2 Å². The van der Waals surface area contributed by atoms with Gasteiger partial charge in [-0.2, -0.15) is 0 Å². The fourth-order valence-electron chi connectivity index (χ4n) is 2.95. The number of pyridine rings is 2. The summed E-state index contributed by atoms with van der Waals surface area (Å²) in [6, 6.07) is 8.32. The average molecular weight is 541 g/mol. The van der Waals surface area contributed by atoms with Crippen LogP contribution in [0.3, 0.4) is 0 Å². The van der Waals surface area contributed by atoms with E-state index in [0.717, 1.165) is 10.1 Å². The van der Waals surface area contributed by atoms with Crippen LogP contribution in [0.15, 0.2) is 45.8 Å². The van der Waals surface area contributed by atoms with Crippen molar-refractivity contribution in [3.8, 4) is 0 Å². The molecule has 2 aromatic heterocycles. The lowest BCUT2D eigenvalue weighted by molar-refractivity contribution is -0.155. The maximum Gasteiger partial charge on any atom is 0.326 e. The van der Waals surface area contributed by atoms with Gasteiger partial charge in [0.2, 0.25) is 0 Å². The summed E-state index contributed by atoms with van der Waals surface area (Å²) < 4.78 is 6.92. The molecule has 168 valence electrons. The molecule has 0 saturated heterocycles. The van der Waals surface area contributed by atoms with Gasteiger partial charge in [0.25, 0.3) is 11.5 Å². The molecule has 3 aromatic rings. The zero-order chi connectivity index (χ0) is 23.6. The molecule has 0 bridgehead atoms. The molecule has 0 atom stereocenters. The number of benzene rings is 1. The summed E-state index contributed by atoms with van der Waals surface area (Å²) >= 11 is 15.6. The van der Waals surface area contributed by atoms with Crippen molar-refractivity contribution in [2.24, 2.45) is 0 Å². The minimum atomic E-state index is -0.738. The van der Waals surface area contributed by atoms with E-state index in [0.29, 0.717) is 14.9 Å². The number of nitrogens with zero attached hydrogens (tertiary/aromatic N) is 2. The number of amides is 1. The first-order valence-corrected chi connectivity index (χ1v) is 11.1. The molecule has 1 N–H and O–H groups in total. The minimum absolute atomic E-state index is 0.170. The van der Waals surface area contributed by atoms with Crippen LogP contribution >= 0.6 is 39.1 Å². The fourth-order valence-corrected chi connectivity index (χ4v) is 3.58. The normalized spacial score (nSPS) is 11.4. The Labute approximate surface area is 202 Å². The van der Waals surface area contributed by atoms with E-state index in [1.165, 1.54) is 12.3 Å². The monoisotopic (exact) mass is 539 g/mol. The fraction of sp³-hybridized carbons (Fsp3) is 0.273. The van der Waals surface area contributed by atoms with Gasteiger partial charge in [-0.25, -0.2) is 4.98 Å². The molecule has 0 aliphatic carbocycles. The van der Waals surface area contributed by atoms with E-state index in [9.17, 15) is 14.4 Å². The molecule has 10 heteroatoms. The third kappa shape index (κ3) is 5.68. The topological polar surface area (TPSA) is 90.3 Å². The molecule has 0 unspecified atom stereocenters. The lowest BCUT2D eigenvalue weighted by atomic mass is 10.1. The first-order chi connectivity index (χ1) is 15.0. The van der Waals surface area contributed by atoms with Crippen LogP contribution < -0.4 is 10.9 Å². The second-order valence-corrected chi connectivity index (χ2v) is 9.67. The van der Waals surface area contributed by atoms with E-state index < -0.39 is 29.6 Å². The van der Waals surface area contributed by atoms with Gasteiger partial charge in [0.15, 0.2) is 0 Å². The number of halogens is 3. The Morgan fingerprint density at radius 2 is 1.84 bits per heavy atom. The van der Waals surface area contributed by atoms with Crippen molar-refractivity contribution < 1.29 is 14.3 Å². The van der Waals surface area contributed by atoms with Gasteiger partial charge >= 0.3 is 5.97 Å². The summed E-state index contributed by atoms with van der Waals surface area (Å²) in [5, 5.41) is 3.89. The van der Waals surface area contributed by atoms with Crippen LogP contribution in [0.1, 0.15) is 36.7 Å². The Balaban J connectivity index is 2.02. The van der Waals surface area contributed by atoms with E-state index in [1.54, 1.807) is 45.0 Å². The number of ether oxygens (including phenoxy) is 1. The summed E-state index contributed by atoms with van der Waals surface area (Å²) in [5.74, 6) is -1.25. The molecule has 2 heterocycles. The van der Waals surface area contributed by atoms with E-state index >= 15 is 0 Å². The Morgan fingerprint density at radius 1 is 1.19 bits per heavy atom. The van der Waals surface area contributed by atoms with Crippen LogP contribution in [0.2, 0.25) is 10.0 Å². The Hall–Kier alpha value is -2.42. The highest BCUT2D eigenvalue weighted by Crippen LogP contribution is 2.29. The van der Waals surface area contributed by atoms with Crippen molar-refractivity contribution in [1.82, 2.24) is 14.9 Å². The predicted molar refractivity (Wildman–Crippen MR) is 127 cm³/mol. The molecular formula is C22H20BrCl2N3O4. The van der Waals surface area contributed by atoms with Crippen LogP contribution in [-0.2, 0) is 22.6 Å². The van der Waals surface area contributed by atoms with E-state index in [2.05, 4.69) is 26.2 Å². The molecule has 0 fully saturated rings. The number of hydrogen-bond acceptors (Lipinski definition) is 5. The maximum absolute atomic E-state index is 13.2. The van der Waals surface area contributed by atoms with Gasteiger partial charge in [-0.15, -0.1) is 0 Å². The Morgan fingerprint density at radius 3 is 2.47 bits per heavy atom. The van der Waals surface area contributed by atoms with Crippen molar-refractivity contribution in [2.45, 2.75) is 39.5 Å². The Bertz CT molecular complexity index is 1250. The number of carbonyl (C=O) groups is 2. The number of aromatic nitrogens is 2. The maximum atomic E-state index is 13.2. The van der Waals surface area contributed by atoms with Crippen LogP contribution in [-0.4, -0.2) is 27.0 Å². The molecule has 0 saturated carbocycles. The van der Waals surface area contributed by atoms with Gasteiger partial charge in [0.1, 0.15) is 23.4 Å². The number of carbonyl (C=O) groups excluding carboxylic acids is 2. The number of rotatable bonds is 5. The van der Waals surface area contributed by atoms with Crippen LogP contribution in [0.4, 0.5) is 0 Å². The highest BCUT2D eigenvalue weighted by Gasteiger charge is 2.22. The highest BCUT2D eigenvalue weighted by molar-refractivity contribution is 9.10. The smallest absolute Gasteiger partial charge is 0.326 e. The zero-order valence-electron chi connectivity index (χ0n) is 17.5. The number of nitrogens with one attached hydrogen (secondary N) is 1. The largest absolute Gasteiger partial charge is 0.459 e. The third-order valence-electron chi connectivity index (χ3n) is 4.33. The summed E-state index contributed by atoms with van der Waals surface area (Å²) in [6.45, 7) is 4.93. The number of fused-ring (bicyclic) bond motifs is 1. The van der Waals surface area contributed by atoms with Crippen molar-refractivity contribution in [3.05, 3.63) is 72.5 Å². The standard InChI is InChI=1S/C22H20BrCl2N3O4/c1-22(2,3)32-17(29)11-28-19-14(18(25)16(23)10-26-19)8-15(21(28)31)20(30)27-9-12-4-6-13(24)7-5-12/h4-8,10H,9,11H2,1-3H3,(H,27,30). The lowest BCUT2D eigenvalue weighted by Gasteiger charge is -2.20. The number of hydrogen-bond donors (Lipinski definition) is 1. The molecule has 1 amide bonds. The van der Waals surface area contributed by atoms with Crippen molar-refractivity contribution in [2.75, 3.05) is 0 Å². The van der Waals surface area contributed by atoms with Crippen LogP contribution in [0.5, 0.6) is 0 Å². The molecule has 0 aliphatic heterocycles. The third-order valence-corrected chi connectivity index (χ3v) is 5.81. The van der Waals surface area contributed by atoms with Crippen LogP contribution in [0, 0.1) is 0 Å². The van der Waals surface area contributed by atoms with E-state index in [1.807, 2.05) is 0 Å². The zero-order valence-corrected chi connectivity index (χ0v) is 20.6. The Kier molecular flexibility index (Phi) is 7.27. The molecule has 7 nitrogen and oxygen atoms in total.